The van der Waals surface area contributed by atoms with Crippen LogP contribution in [0.4, 0.5) is 14.5 Å². The van der Waals surface area contributed by atoms with Gasteiger partial charge < -0.3 is 9.64 Å². The average Bonchev–Trinajstić information content (AvgIpc) is 3.01. The molecule has 1 fully saturated rings. The molecule has 0 unspecified atom stereocenters. The summed E-state index contributed by atoms with van der Waals surface area (Å²) in [6.45, 7) is 7.21. The van der Waals surface area contributed by atoms with Crippen molar-refractivity contribution in [3.63, 3.8) is 0 Å². The highest BCUT2D eigenvalue weighted by molar-refractivity contribution is 6.45. The molecule has 2 heterocycles. The third kappa shape index (κ3) is 4.11. The third-order valence-corrected chi connectivity index (χ3v) is 5.82. The second kappa shape index (κ2) is 8.73. The van der Waals surface area contributed by atoms with E-state index < -0.39 is 23.4 Å². The molecule has 0 radical (unpaired) electrons. The summed E-state index contributed by atoms with van der Waals surface area (Å²) in [4.78, 5) is 29.6. The Labute approximate surface area is 186 Å². The van der Waals surface area contributed by atoms with Gasteiger partial charge in [0.25, 0.3) is 11.8 Å². The number of ether oxygens (including phenoxy) is 1. The molecule has 0 atom stereocenters. The molecule has 2 aliphatic rings. The molecule has 4 rings (SSSR count). The van der Waals surface area contributed by atoms with Gasteiger partial charge in [0.1, 0.15) is 23.1 Å². The van der Waals surface area contributed by atoms with E-state index in [2.05, 4.69) is 6.92 Å². The molecule has 0 bridgehead atoms. The van der Waals surface area contributed by atoms with Crippen LogP contribution >= 0.6 is 0 Å². The molecule has 7 heteroatoms. The predicted octanol–water partition coefficient (Wildman–Crippen LogP) is 4.77. The van der Waals surface area contributed by atoms with Crippen molar-refractivity contribution in [1.29, 1.82) is 0 Å². The van der Waals surface area contributed by atoms with Gasteiger partial charge in [-0.05, 0) is 62.4 Å². The lowest BCUT2D eigenvalue weighted by Gasteiger charge is -2.32. The van der Waals surface area contributed by atoms with Crippen molar-refractivity contribution in [2.45, 2.75) is 39.7 Å². The number of carbonyl (C=O) groups is 2. The smallest absolute Gasteiger partial charge is 0.282 e. The van der Waals surface area contributed by atoms with Gasteiger partial charge in [-0.25, -0.2) is 13.7 Å². The molecule has 5 nitrogen and oxygen atoms in total. The molecule has 2 aromatic rings. The minimum absolute atomic E-state index is 0.00731. The van der Waals surface area contributed by atoms with Gasteiger partial charge in [-0.3, -0.25) is 9.59 Å². The summed E-state index contributed by atoms with van der Waals surface area (Å²) in [5.74, 6) is -1.69. The van der Waals surface area contributed by atoms with Crippen molar-refractivity contribution in [3.8, 4) is 5.75 Å². The molecule has 2 aliphatic heterocycles. The van der Waals surface area contributed by atoms with Gasteiger partial charge in [-0.15, -0.1) is 0 Å². The number of hydrogen-bond acceptors (Lipinski definition) is 4. The molecule has 168 valence electrons. The van der Waals surface area contributed by atoms with E-state index in [9.17, 15) is 18.4 Å². The summed E-state index contributed by atoms with van der Waals surface area (Å²) in [6, 6.07) is 9.67. The van der Waals surface area contributed by atoms with Crippen LogP contribution in [0.1, 0.15) is 39.2 Å². The zero-order chi connectivity index (χ0) is 23.0. The molecule has 0 aliphatic carbocycles. The van der Waals surface area contributed by atoms with Crippen LogP contribution < -0.4 is 9.64 Å². The number of hydrogen-bond donors (Lipinski definition) is 0. The van der Waals surface area contributed by atoms with Crippen molar-refractivity contribution in [1.82, 2.24) is 4.90 Å². The normalized spacial score (nSPS) is 17.7. The highest BCUT2D eigenvalue weighted by Crippen LogP contribution is 2.37. The predicted molar refractivity (Wildman–Crippen MR) is 118 cm³/mol. The van der Waals surface area contributed by atoms with E-state index in [0.29, 0.717) is 30.3 Å². The summed E-state index contributed by atoms with van der Waals surface area (Å²) in [5, 5.41) is 0. The fourth-order valence-corrected chi connectivity index (χ4v) is 4.15. The quantitative estimate of drug-likeness (QED) is 0.629. The summed E-state index contributed by atoms with van der Waals surface area (Å²) in [6.07, 6.45) is 1.76. The van der Waals surface area contributed by atoms with Gasteiger partial charge in [0, 0.05) is 19.2 Å². The highest BCUT2D eigenvalue weighted by atomic mass is 19.1. The monoisotopic (exact) mass is 440 g/mol. The van der Waals surface area contributed by atoms with E-state index in [4.69, 9.17) is 4.74 Å². The standard InChI is InChI=1S/C25H26F2N2O3/c1-15(2)32-19-7-4-17(5-8-19)22-23(28-12-10-16(3)11-13-28)25(31)29(24(22)30)21-14-18(26)6-9-20(21)27/h4-9,14-16H,10-13H2,1-3H3. The van der Waals surface area contributed by atoms with E-state index in [1.165, 1.54) is 0 Å². The van der Waals surface area contributed by atoms with Gasteiger partial charge in [0.2, 0.25) is 0 Å². The van der Waals surface area contributed by atoms with Gasteiger partial charge in [0.05, 0.1) is 17.4 Å². The Morgan fingerprint density at radius 2 is 1.62 bits per heavy atom. The first-order valence-electron chi connectivity index (χ1n) is 10.9. The Morgan fingerprint density at radius 3 is 2.25 bits per heavy atom. The number of halogens is 2. The van der Waals surface area contributed by atoms with E-state index in [0.717, 1.165) is 35.9 Å². The van der Waals surface area contributed by atoms with Crippen LogP contribution in [-0.4, -0.2) is 35.9 Å². The molecule has 32 heavy (non-hydrogen) atoms. The Bertz CT molecular complexity index is 1070. The Balaban J connectivity index is 1.79. The fraction of sp³-hybridized carbons (Fsp3) is 0.360. The molecule has 0 aromatic heterocycles. The van der Waals surface area contributed by atoms with Gasteiger partial charge in [-0.1, -0.05) is 19.1 Å². The van der Waals surface area contributed by atoms with Crippen molar-refractivity contribution in [2.75, 3.05) is 18.0 Å². The molecule has 1 saturated heterocycles. The van der Waals surface area contributed by atoms with Gasteiger partial charge in [-0.2, -0.15) is 0 Å². The number of imide groups is 1. The molecule has 2 amide bonds. The van der Waals surface area contributed by atoms with Crippen LogP contribution in [0, 0.1) is 17.6 Å². The number of likely N-dealkylation sites (tertiary alicyclic amines) is 1. The number of anilines is 1. The topological polar surface area (TPSA) is 49.9 Å². The van der Waals surface area contributed by atoms with Crippen molar-refractivity contribution >= 4 is 23.1 Å². The van der Waals surface area contributed by atoms with Crippen LogP contribution in [-0.2, 0) is 9.59 Å². The summed E-state index contributed by atoms with van der Waals surface area (Å²) in [5.41, 5.74) is 0.595. The zero-order valence-corrected chi connectivity index (χ0v) is 18.4. The van der Waals surface area contributed by atoms with E-state index in [-0.39, 0.29) is 23.1 Å². The Morgan fingerprint density at radius 1 is 0.969 bits per heavy atom. The first-order valence-corrected chi connectivity index (χ1v) is 10.9. The second-order valence-electron chi connectivity index (χ2n) is 8.63. The van der Waals surface area contributed by atoms with E-state index >= 15 is 0 Å². The Kier molecular flexibility index (Phi) is 6.00. The molecular weight excluding hydrogens is 414 g/mol. The first kappa shape index (κ1) is 22.0. The van der Waals surface area contributed by atoms with E-state index in [1.54, 1.807) is 24.3 Å². The van der Waals surface area contributed by atoms with Gasteiger partial charge >= 0.3 is 0 Å². The lowest BCUT2D eigenvalue weighted by atomic mass is 9.97. The first-order chi connectivity index (χ1) is 15.3. The molecule has 0 saturated carbocycles. The maximum atomic E-state index is 14.5. The van der Waals surface area contributed by atoms with Crippen molar-refractivity contribution in [3.05, 3.63) is 65.4 Å². The lowest BCUT2D eigenvalue weighted by molar-refractivity contribution is -0.120. The highest BCUT2D eigenvalue weighted by Gasteiger charge is 2.44. The summed E-state index contributed by atoms with van der Waals surface area (Å²) >= 11 is 0. The molecule has 2 aromatic carbocycles. The lowest BCUT2D eigenvalue weighted by Crippen LogP contribution is -2.38. The molecule has 0 spiro atoms. The van der Waals surface area contributed by atoms with Crippen LogP contribution in [0.25, 0.3) is 5.57 Å². The minimum Gasteiger partial charge on any atom is -0.491 e. The van der Waals surface area contributed by atoms with Crippen LogP contribution in [0.15, 0.2) is 48.2 Å². The number of carbonyl (C=O) groups excluding carboxylic acids is 2. The maximum absolute atomic E-state index is 14.5. The molecular formula is C25H26F2N2O3. The number of rotatable bonds is 5. The van der Waals surface area contributed by atoms with Crippen LogP contribution in [0.2, 0.25) is 0 Å². The second-order valence-corrected chi connectivity index (χ2v) is 8.63. The fourth-order valence-electron chi connectivity index (χ4n) is 4.15. The minimum atomic E-state index is -0.832. The number of benzene rings is 2. The largest absolute Gasteiger partial charge is 0.491 e. The molecule has 0 N–H and O–H groups in total. The number of piperidine rings is 1. The average molecular weight is 440 g/mol. The summed E-state index contributed by atoms with van der Waals surface area (Å²) in [7, 11) is 0. The van der Waals surface area contributed by atoms with Gasteiger partial charge in [0.15, 0.2) is 0 Å². The van der Waals surface area contributed by atoms with Crippen molar-refractivity contribution < 1.29 is 23.1 Å². The summed E-state index contributed by atoms with van der Waals surface area (Å²) < 4.78 is 34.1. The maximum Gasteiger partial charge on any atom is 0.282 e. The zero-order valence-electron chi connectivity index (χ0n) is 18.4. The third-order valence-electron chi connectivity index (χ3n) is 5.82. The SMILES string of the molecule is CC1CCN(C2=C(c3ccc(OC(C)C)cc3)C(=O)N(c3cc(F)ccc3F)C2=O)CC1. The van der Waals surface area contributed by atoms with E-state index in [1.807, 2.05) is 18.7 Å². The number of amides is 2. The van der Waals surface area contributed by atoms with Crippen molar-refractivity contribution in [2.24, 2.45) is 5.92 Å². The van der Waals surface area contributed by atoms with Crippen LogP contribution in [0.3, 0.4) is 0 Å². The number of nitrogens with zero attached hydrogens (tertiary/aromatic N) is 2. The van der Waals surface area contributed by atoms with Crippen LogP contribution in [0.5, 0.6) is 5.75 Å². The Hall–Kier alpha value is -3.22.